The van der Waals surface area contributed by atoms with Crippen molar-refractivity contribution in [3.63, 3.8) is 0 Å². The second kappa shape index (κ2) is 4.38. The molecule has 0 aromatic carbocycles. The van der Waals surface area contributed by atoms with E-state index in [0.29, 0.717) is 17.0 Å². The molecular weight excluding hydrogens is 248 g/mol. The van der Waals surface area contributed by atoms with E-state index >= 15 is 0 Å². The van der Waals surface area contributed by atoms with Gasteiger partial charge in [0.1, 0.15) is 6.33 Å². The van der Waals surface area contributed by atoms with Crippen LogP contribution in [-0.2, 0) is 10.3 Å². The van der Waals surface area contributed by atoms with Crippen LogP contribution in [0.15, 0.2) is 6.33 Å². The van der Waals surface area contributed by atoms with E-state index in [2.05, 4.69) is 15.0 Å². The van der Waals surface area contributed by atoms with Gasteiger partial charge in [0.05, 0.1) is 12.6 Å². The quantitative estimate of drug-likeness (QED) is 0.803. The van der Waals surface area contributed by atoms with Gasteiger partial charge in [0.25, 0.3) is 0 Å². The molecule has 0 spiro atoms. The van der Waals surface area contributed by atoms with Gasteiger partial charge in [0, 0.05) is 6.42 Å². The van der Waals surface area contributed by atoms with E-state index in [-0.39, 0.29) is 12.4 Å². The third-order valence-electron chi connectivity index (χ3n) is 2.84. The molecule has 2 rings (SSSR count). The Bertz CT molecular complexity index is 633. The van der Waals surface area contributed by atoms with Crippen LogP contribution in [0.1, 0.15) is 20.3 Å². The van der Waals surface area contributed by atoms with E-state index in [9.17, 15) is 4.79 Å². The molecule has 0 bridgehead atoms. The minimum Gasteiger partial charge on any atom is -0.479 e. The maximum atomic E-state index is 11.2. The number of carbonyl (C=O) groups is 1. The van der Waals surface area contributed by atoms with E-state index in [1.54, 1.807) is 4.57 Å². The Kier molecular flexibility index (Phi) is 3.01. The molecule has 0 aliphatic carbocycles. The minimum absolute atomic E-state index is 0.120. The molecule has 0 saturated carbocycles. The topological polar surface area (TPSA) is 122 Å². The highest BCUT2D eigenvalue weighted by molar-refractivity contribution is 5.80. The first-order valence-electron chi connectivity index (χ1n) is 5.68. The number of amides is 1. The number of hydrogen-bond donors (Lipinski definition) is 2. The zero-order valence-corrected chi connectivity index (χ0v) is 11.0. The summed E-state index contributed by atoms with van der Waals surface area (Å²) in [6.45, 7) is 3.67. The third-order valence-corrected chi connectivity index (χ3v) is 2.84. The number of methoxy groups -OCH3 is 1. The summed E-state index contributed by atoms with van der Waals surface area (Å²) in [5, 5.41) is 0. The number of primary amides is 1. The lowest BCUT2D eigenvalue weighted by molar-refractivity contribution is -0.119. The average molecular weight is 264 g/mol. The predicted molar refractivity (Wildman–Crippen MR) is 69.4 cm³/mol. The van der Waals surface area contributed by atoms with Crippen molar-refractivity contribution >= 4 is 23.0 Å². The molecule has 102 valence electrons. The first-order chi connectivity index (χ1) is 8.86. The summed E-state index contributed by atoms with van der Waals surface area (Å²) in [5.41, 5.74) is 11.5. The van der Waals surface area contributed by atoms with Crippen LogP contribution in [0.5, 0.6) is 5.88 Å². The fourth-order valence-electron chi connectivity index (χ4n) is 2.14. The third kappa shape index (κ3) is 2.16. The molecule has 0 atom stereocenters. The lowest BCUT2D eigenvalue weighted by atomic mass is 10.00. The summed E-state index contributed by atoms with van der Waals surface area (Å²) >= 11 is 0. The molecule has 0 aliphatic heterocycles. The Morgan fingerprint density at radius 3 is 2.74 bits per heavy atom. The van der Waals surface area contributed by atoms with Crippen molar-refractivity contribution in [1.82, 2.24) is 19.5 Å². The van der Waals surface area contributed by atoms with Crippen LogP contribution >= 0.6 is 0 Å². The standard InChI is InChI=1S/C11H16N6O2/c1-11(2,4-6(12)18)17-8-7(16-10(17)13)9(19-3)15-5-14-8/h5H,4H2,1-3H3,(H2,12,18)(H2,13,16). The van der Waals surface area contributed by atoms with Crippen LogP contribution in [0, 0.1) is 0 Å². The molecule has 0 unspecified atom stereocenters. The smallest absolute Gasteiger partial charge is 0.245 e. The number of hydrogen-bond acceptors (Lipinski definition) is 6. The summed E-state index contributed by atoms with van der Waals surface area (Å²) in [4.78, 5) is 23.5. The number of nitrogens with two attached hydrogens (primary N) is 2. The molecule has 19 heavy (non-hydrogen) atoms. The van der Waals surface area contributed by atoms with Gasteiger partial charge < -0.3 is 16.2 Å². The van der Waals surface area contributed by atoms with Crippen LogP contribution in [0.25, 0.3) is 11.2 Å². The van der Waals surface area contributed by atoms with Crippen molar-refractivity contribution in [3.8, 4) is 5.88 Å². The van der Waals surface area contributed by atoms with Crippen molar-refractivity contribution < 1.29 is 9.53 Å². The molecule has 2 aromatic heterocycles. The normalized spacial score (nSPS) is 11.7. The minimum atomic E-state index is -0.635. The monoisotopic (exact) mass is 264 g/mol. The van der Waals surface area contributed by atoms with E-state index in [4.69, 9.17) is 16.2 Å². The summed E-state index contributed by atoms with van der Waals surface area (Å²) in [6, 6.07) is 0. The van der Waals surface area contributed by atoms with Gasteiger partial charge in [0.15, 0.2) is 11.2 Å². The zero-order chi connectivity index (χ0) is 14.2. The van der Waals surface area contributed by atoms with Gasteiger partial charge in [-0.2, -0.15) is 4.98 Å². The Balaban J connectivity index is 2.67. The number of nitrogens with zero attached hydrogens (tertiary/aromatic N) is 4. The molecule has 2 aromatic rings. The molecule has 0 saturated heterocycles. The lowest BCUT2D eigenvalue weighted by Gasteiger charge is -2.26. The van der Waals surface area contributed by atoms with Crippen LogP contribution in [0.2, 0.25) is 0 Å². The SMILES string of the molecule is COc1ncnc2c1nc(N)n2C(C)(C)CC(N)=O. The summed E-state index contributed by atoms with van der Waals surface area (Å²) in [6.07, 6.45) is 1.48. The molecule has 0 radical (unpaired) electrons. The zero-order valence-electron chi connectivity index (χ0n) is 11.0. The van der Waals surface area contributed by atoms with E-state index in [1.165, 1.54) is 13.4 Å². The summed E-state index contributed by atoms with van der Waals surface area (Å²) in [5.74, 6) is 0.151. The molecule has 2 heterocycles. The molecular formula is C11H16N6O2. The van der Waals surface area contributed by atoms with Gasteiger partial charge in [-0.25, -0.2) is 9.97 Å². The number of carbonyl (C=O) groups excluding carboxylic acids is 1. The van der Waals surface area contributed by atoms with Gasteiger partial charge >= 0.3 is 0 Å². The highest BCUT2D eigenvalue weighted by Gasteiger charge is 2.29. The average Bonchev–Trinajstić information content (AvgIpc) is 2.63. The molecule has 0 fully saturated rings. The lowest BCUT2D eigenvalue weighted by Crippen LogP contribution is -2.33. The van der Waals surface area contributed by atoms with Gasteiger partial charge in [-0.3, -0.25) is 9.36 Å². The number of aromatic nitrogens is 4. The highest BCUT2D eigenvalue weighted by Crippen LogP contribution is 2.30. The van der Waals surface area contributed by atoms with Crippen molar-refractivity contribution in [3.05, 3.63) is 6.33 Å². The van der Waals surface area contributed by atoms with Gasteiger partial charge in [0.2, 0.25) is 17.7 Å². The summed E-state index contributed by atoms with van der Waals surface area (Å²) in [7, 11) is 1.49. The Morgan fingerprint density at radius 1 is 1.47 bits per heavy atom. The highest BCUT2D eigenvalue weighted by atomic mass is 16.5. The van der Waals surface area contributed by atoms with Crippen molar-refractivity contribution in [2.75, 3.05) is 12.8 Å². The molecule has 0 aliphatic rings. The second-order valence-corrected chi connectivity index (χ2v) is 4.82. The number of imidazole rings is 1. The number of anilines is 1. The van der Waals surface area contributed by atoms with E-state index in [0.717, 1.165) is 0 Å². The molecule has 8 nitrogen and oxygen atoms in total. The number of fused-ring (bicyclic) bond motifs is 1. The Labute approximate surface area is 109 Å². The van der Waals surface area contributed by atoms with Crippen LogP contribution < -0.4 is 16.2 Å². The van der Waals surface area contributed by atoms with Crippen LogP contribution in [0.4, 0.5) is 5.95 Å². The molecule has 8 heteroatoms. The predicted octanol–water partition coefficient (Wildman–Crippen LogP) is 0.0276. The number of nitrogen functional groups attached to an aromatic ring is 1. The van der Waals surface area contributed by atoms with Crippen molar-refractivity contribution in [1.29, 1.82) is 0 Å². The number of rotatable bonds is 4. The molecule has 4 N–H and O–H groups in total. The van der Waals surface area contributed by atoms with Crippen LogP contribution in [-0.4, -0.2) is 32.5 Å². The van der Waals surface area contributed by atoms with Crippen molar-refractivity contribution in [2.24, 2.45) is 5.73 Å². The van der Waals surface area contributed by atoms with Gasteiger partial charge in [-0.15, -0.1) is 0 Å². The maximum absolute atomic E-state index is 11.2. The summed E-state index contributed by atoms with van der Waals surface area (Å²) < 4.78 is 6.78. The second-order valence-electron chi connectivity index (χ2n) is 4.82. The largest absolute Gasteiger partial charge is 0.479 e. The van der Waals surface area contributed by atoms with Crippen LogP contribution in [0.3, 0.4) is 0 Å². The number of ether oxygens (including phenoxy) is 1. The fourth-order valence-corrected chi connectivity index (χ4v) is 2.14. The van der Waals surface area contributed by atoms with Gasteiger partial charge in [-0.05, 0) is 13.8 Å². The van der Waals surface area contributed by atoms with E-state index < -0.39 is 11.4 Å². The maximum Gasteiger partial charge on any atom is 0.245 e. The first-order valence-corrected chi connectivity index (χ1v) is 5.68. The van der Waals surface area contributed by atoms with Crippen molar-refractivity contribution in [2.45, 2.75) is 25.8 Å². The van der Waals surface area contributed by atoms with E-state index in [1.807, 2.05) is 13.8 Å². The van der Waals surface area contributed by atoms with Gasteiger partial charge in [-0.1, -0.05) is 0 Å². The Hall–Kier alpha value is -2.38. The fraction of sp³-hybridized carbons (Fsp3) is 0.455. The molecule has 1 amide bonds. The first kappa shape index (κ1) is 13.1. The Morgan fingerprint density at radius 2 is 2.16 bits per heavy atom.